The van der Waals surface area contributed by atoms with Gasteiger partial charge in [0.1, 0.15) is 5.82 Å². The summed E-state index contributed by atoms with van der Waals surface area (Å²) in [6.45, 7) is 5.62. The number of benzene rings is 1. The van der Waals surface area contributed by atoms with Crippen LogP contribution in [0.15, 0.2) is 18.2 Å². The lowest BCUT2D eigenvalue weighted by Gasteiger charge is -2.20. The molecule has 0 aromatic heterocycles. The van der Waals surface area contributed by atoms with Crippen molar-refractivity contribution in [2.45, 2.75) is 26.7 Å². The van der Waals surface area contributed by atoms with Crippen LogP contribution in [0.5, 0.6) is 0 Å². The molecule has 1 heterocycles. The number of carbonyl (C=O) groups is 1. The van der Waals surface area contributed by atoms with E-state index in [4.69, 9.17) is 5.11 Å². The molecule has 1 aromatic carbocycles. The Balaban J connectivity index is 2.13. The van der Waals surface area contributed by atoms with Crippen molar-refractivity contribution in [3.05, 3.63) is 35.1 Å². The molecule has 112 valence electrons. The molecular formula is C17H20FNO2. The van der Waals surface area contributed by atoms with Crippen molar-refractivity contribution >= 4 is 5.91 Å². The second-order valence-corrected chi connectivity index (χ2v) is 6.11. The molecule has 21 heavy (non-hydrogen) atoms. The van der Waals surface area contributed by atoms with Crippen molar-refractivity contribution in [3.63, 3.8) is 0 Å². The molecule has 1 saturated heterocycles. The van der Waals surface area contributed by atoms with Gasteiger partial charge in [-0.05, 0) is 30.0 Å². The predicted octanol–water partition coefficient (Wildman–Crippen LogP) is 2.43. The van der Waals surface area contributed by atoms with Gasteiger partial charge in [-0.1, -0.05) is 25.7 Å². The molecule has 0 unspecified atom stereocenters. The first-order valence-corrected chi connectivity index (χ1v) is 7.11. The maximum Gasteiger partial charge on any atom is 0.253 e. The highest BCUT2D eigenvalue weighted by molar-refractivity contribution is 5.94. The summed E-state index contributed by atoms with van der Waals surface area (Å²) in [6.07, 6.45) is 1.27. The Morgan fingerprint density at radius 2 is 2.24 bits per heavy atom. The number of aliphatic hydroxyl groups is 1. The van der Waals surface area contributed by atoms with Crippen LogP contribution < -0.4 is 0 Å². The quantitative estimate of drug-likeness (QED) is 0.850. The van der Waals surface area contributed by atoms with E-state index in [1.807, 2.05) is 0 Å². The lowest BCUT2D eigenvalue weighted by Crippen LogP contribution is -2.30. The van der Waals surface area contributed by atoms with Crippen molar-refractivity contribution in [2.75, 3.05) is 19.7 Å². The Morgan fingerprint density at radius 3 is 2.81 bits per heavy atom. The van der Waals surface area contributed by atoms with Crippen molar-refractivity contribution < 1.29 is 14.3 Å². The molecule has 0 spiro atoms. The number of likely N-dealkylation sites (tertiary alicyclic amines) is 1. The summed E-state index contributed by atoms with van der Waals surface area (Å²) >= 11 is 0. The van der Waals surface area contributed by atoms with Crippen LogP contribution in [0.1, 0.15) is 42.6 Å². The van der Waals surface area contributed by atoms with E-state index in [1.165, 1.54) is 12.1 Å². The van der Waals surface area contributed by atoms with E-state index in [9.17, 15) is 9.18 Å². The van der Waals surface area contributed by atoms with Crippen LogP contribution >= 0.6 is 0 Å². The lowest BCUT2D eigenvalue weighted by atomic mass is 9.93. The Bertz CT molecular complexity index is 599. The molecule has 1 aliphatic heterocycles. The lowest BCUT2D eigenvalue weighted by molar-refractivity contribution is 0.0778. The van der Waals surface area contributed by atoms with Crippen molar-refractivity contribution in [1.29, 1.82) is 0 Å². The molecule has 0 bridgehead atoms. The van der Waals surface area contributed by atoms with Gasteiger partial charge in [0.2, 0.25) is 0 Å². The molecule has 1 fully saturated rings. The Labute approximate surface area is 124 Å². The fraction of sp³-hybridized carbons (Fsp3) is 0.471. The van der Waals surface area contributed by atoms with E-state index >= 15 is 0 Å². The van der Waals surface area contributed by atoms with Gasteiger partial charge in [0.25, 0.3) is 5.91 Å². The molecular weight excluding hydrogens is 269 g/mol. The summed E-state index contributed by atoms with van der Waals surface area (Å²) in [5.41, 5.74) is 0.740. The number of amides is 1. The minimum absolute atomic E-state index is 0.0457. The average Bonchev–Trinajstić information content (AvgIpc) is 2.80. The van der Waals surface area contributed by atoms with E-state index < -0.39 is 5.82 Å². The van der Waals surface area contributed by atoms with Crippen LogP contribution in [0.4, 0.5) is 4.39 Å². The SMILES string of the molecule is CC1(C)CCN(C(=O)c2ccc(C#CCCO)c(F)c2)C1. The average molecular weight is 289 g/mol. The van der Waals surface area contributed by atoms with Gasteiger partial charge >= 0.3 is 0 Å². The maximum absolute atomic E-state index is 13.9. The summed E-state index contributed by atoms with van der Waals surface area (Å²) in [7, 11) is 0. The minimum Gasteiger partial charge on any atom is -0.395 e. The number of aliphatic hydroxyl groups excluding tert-OH is 1. The third-order valence-corrected chi connectivity index (χ3v) is 3.64. The maximum atomic E-state index is 13.9. The largest absolute Gasteiger partial charge is 0.395 e. The Hall–Kier alpha value is -1.86. The van der Waals surface area contributed by atoms with Gasteiger partial charge in [-0.25, -0.2) is 4.39 Å². The first-order valence-electron chi connectivity index (χ1n) is 7.11. The van der Waals surface area contributed by atoms with Crippen molar-refractivity contribution in [1.82, 2.24) is 4.90 Å². The number of rotatable bonds is 2. The third-order valence-electron chi connectivity index (χ3n) is 3.64. The predicted molar refractivity (Wildman–Crippen MR) is 79.3 cm³/mol. The van der Waals surface area contributed by atoms with E-state index in [-0.39, 0.29) is 23.5 Å². The van der Waals surface area contributed by atoms with Gasteiger partial charge < -0.3 is 10.0 Å². The van der Waals surface area contributed by atoms with Gasteiger partial charge in [0, 0.05) is 25.1 Å². The van der Waals surface area contributed by atoms with Crippen molar-refractivity contribution in [3.8, 4) is 11.8 Å². The Kier molecular flexibility index (Phi) is 4.64. The molecule has 1 N–H and O–H groups in total. The molecule has 0 aliphatic carbocycles. The number of halogens is 1. The normalized spacial score (nSPS) is 16.5. The third kappa shape index (κ3) is 3.83. The van der Waals surface area contributed by atoms with Gasteiger partial charge in [0.05, 0.1) is 12.2 Å². The van der Waals surface area contributed by atoms with E-state index in [0.717, 1.165) is 6.42 Å². The highest BCUT2D eigenvalue weighted by Gasteiger charge is 2.32. The Morgan fingerprint density at radius 1 is 1.48 bits per heavy atom. The van der Waals surface area contributed by atoms with Crippen LogP contribution in [0.3, 0.4) is 0 Å². The zero-order valence-electron chi connectivity index (χ0n) is 12.4. The van der Waals surface area contributed by atoms with E-state index in [2.05, 4.69) is 25.7 Å². The summed E-state index contributed by atoms with van der Waals surface area (Å²) < 4.78 is 13.9. The first kappa shape index (κ1) is 15.5. The molecule has 2 rings (SSSR count). The first-order chi connectivity index (χ1) is 9.93. The number of nitrogens with zero attached hydrogens (tertiary/aromatic N) is 1. The molecule has 1 aromatic rings. The molecule has 0 saturated carbocycles. The van der Waals surface area contributed by atoms with Crippen LogP contribution in [0.2, 0.25) is 0 Å². The highest BCUT2D eigenvalue weighted by Crippen LogP contribution is 2.29. The van der Waals surface area contributed by atoms with Crippen LogP contribution in [-0.2, 0) is 0 Å². The molecule has 0 radical (unpaired) electrons. The number of hydrogen-bond donors (Lipinski definition) is 1. The standard InChI is InChI=1S/C17H20FNO2/c1-17(2)8-9-19(12-17)16(21)14-7-6-13(15(18)11-14)5-3-4-10-20/h6-7,11,20H,4,8-10,12H2,1-2H3. The second-order valence-electron chi connectivity index (χ2n) is 6.11. The zero-order valence-corrected chi connectivity index (χ0v) is 12.4. The number of carbonyl (C=O) groups excluding carboxylic acids is 1. The minimum atomic E-state index is -0.496. The summed E-state index contributed by atoms with van der Waals surface area (Å²) in [5.74, 6) is 4.70. The van der Waals surface area contributed by atoms with E-state index in [1.54, 1.807) is 11.0 Å². The highest BCUT2D eigenvalue weighted by atomic mass is 19.1. The monoisotopic (exact) mass is 289 g/mol. The summed E-state index contributed by atoms with van der Waals surface area (Å²) in [6, 6.07) is 4.38. The molecule has 1 aliphatic rings. The number of hydrogen-bond acceptors (Lipinski definition) is 2. The van der Waals surface area contributed by atoms with Gasteiger partial charge in [-0.15, -0.1) is 0 Å². The summed E-state index contributed by atoms with van der Waals surface area (Å²) in [4.78, 5) is 14.1. The zero-order chi connectivity index (χ0) is 15.5. The van der Waals surface area contributed by atoms with Crippen LogP contribution in [0, 0.1) is 23.1 Å². The van der Waals surface area contributed by atoms with Crippen LogP contribution in [0.25, 0.3) is 0 Å². The van der Waals surface area contributed by atoms with Gasteiger partial charge in [-0.2, -0.15) is 0 Å². The smallest absolute Gasteiger partial charge is 0.253 e. The van der Waals surface area contributed by atoms with Gasteiger partial charge in [-0.3, -0.25) is 4.79 Å². The molecule has 0 atom stereocenters. The van der Waals surface area contributed by atoms with Crippen molar-refractivity contribution in [2.24, 2.45) is 5.41 Å². The fourth-order valence-corrected chi connectivity index (χ4v) is 2.43. The molecule has 4 heteroatoms. The van der Waals surface area contributed by atoms with Gasteiger partial charge in [0.15, 0.2) is 0 Å². The summed E-state index contributed by atoms with van der Waals surface area (Å²) in [5, 5.41) is 8.65. The fourth-order valence-electron chi connectivity index (χ4n) is 2.43. The molecule has 3 nitrogen and oxygen atoms in total. The van der Waals surface area contributed by atoms with E-state index in [0.29, 0.717) is 25.1 Å². The topological polar surface area (TPSA) is 40.5 Å². The second kappa shape index (κ2) is 6.28. The van der Waals surface area contributed by atoms with Crippen LogP contribution in [-0.4, -0.2) is 35.6 Å². The molecule has 1 amide bonds.